The van der Waals surface area contributed by atoms with Gasteiger partial charge in [-0.1, -0.05) is 29.3 Å². The summed E-state index contributed by atoms with van der Waals surface area (Å²) in [7, 11) is 1.85. The van der Waals surface area contributed by atoms with E-state index < -0.39 is 0 Å². The number of rotatable bonds is 6. The van der Waals surface area contributed by atoms with E-state index >= 15 is 0 Å². The fourth-order valence-corrected chi connectivity index (χ4v) is 5.94. The number of likely N-dealkylation sites (tertiary alicyclic amines) is 1. The third-order valence-electron chi connectivity index (χ3n) is 8.02. The zero-order valence-electron chi connectivity index (χ0n) is 21.9. The molecule has 3 heterocycles. The number of nitrogens with one attached hydrogen (secondary N) is 2. The van der Waals surface area contributed by atoms with Gasteiger partial charge in [0.2, 0.25) is 5.91 Å². The number of nitrogens with zero attached hydrogens (tertiary/aromatic N) is 4. The van der Waals surface area contributed by atoms with Gasteiger partial charge < -0.3 is 20.4 Å². The van der Waals surface area contributed by atoms with Gasteiger partial charge in [0.25, 0.3) is 5.91 Å². The first-order valence-electron chi connectivity index (χ1n) is 13.5. The Morgan fingerprint density at radius 1 is 1.08 bits per heavy atom. The molecule has 8 nitrogen and oxygen atoms in total. The van der Waals surface area contributed by atoms with E-state index in [4.69, 9.17) is 23.2 Å². The first kappa shape index (κ1) is 26.2. The highest BCUT2D eigenvalue weighted by molar-refractivity contribution is 6.32. The molecule has 2 amide bonds. The summed E-state index contributed by atoms with van der Waals surface area (Å²) < 4.78 is 1.74. The lowest BCUT2D eigenvalue weighted by Crippen LogP contribution is -2.41. The van der Waals surface area contributed by atoms with Crippen LogP contribution in [0.25, 0.3) is 0 Å². The van der Waals surface area contributed by atoms with E-state index in [1.54, 1.807) is 40.0 Å². The molecule has 3 aliphatic rings. The van der Waals surface area contributed by atoms with Gasteiger partial charge in [-0.05, 0) is 80.6 Å². The van der Waals surface area contributed by atoms with Gasteiger partial charge in [0.1, 0.15) is 5.82 Å². The minimum Gasteiger partial charge on any atom is -0.352 e. The first-order valence-corrected chi connectivity index (χ1v) is 14.3. The molecule has 204 valence electrons. The van der Waals surface area contributed by atoms with Crippen molar-refractivity contribution >= 4 is 52.2 Å². The Kier molecular flexibility index (Phi) is 7.27. The number of hydrogen-bond donors (Lipinski definition) is 2. The Hall–Kier alpha value is -3.07. The number of fused-ring (bicyclic) bond motifs is 2. The molecule has 0 spiro atoms. The highest BCUT2D eigenvalue weighted by Gasteiger charge is 2.30. The Bertz CT molecular complexity index is 1410. The van der Waals surface area contributed by atoms with Gasteiger partial charge in [0, 0.05) is 47.2 Å². The fourth-order valence-electron chi connectivity index (χ4n) is 5.52. The average Bonchev–Trinajstić information content (AvgIpc) is 3.71. The van der Waals surface area contributed by atoms with Crippen LogP contribution in [0.1, 0.15) is 47.2 Å². The van der Waals surface area contributed by atoms with E-state index in [1.165, 1.54) is 19.4 Å². The van der Waals surface area contributed by atoms with Crippen LogP contribution < -0.4 is 15.5 Å². The molecule has 2 N–H and O–H groups in total. The van der Waals surface area contributed by atoms with Crippen molar-refractivity contribution in [1.29, 1.82) is 0 Å². The summed E-state index contributed by atoms with van der Waals surface area (Å²) in [6, 6.07) is 10.7. The molecule has 2 aromatic carbocycles. The van der Waals surface area contributed by atoms with Crippen LogP contribution in [0.4, 0.5) is 17.2 Å². The lowest BCUT2D eigenvalue weighted by atomic mass is 9.95. The van der Waals surface area contributed by atoms with Gasteiger partial charge in [-0.25, -0.2) is 0 Å². The van der Waals surface area contributed by atoms with E-state index in [9.17, 15) is 9.59 Å². The van der Waals surface area contributed by atoms with Gasteiger partial charge in [0.05, 0.1) is 24.1 Å². The van der Waals surface area contributed by atoms with E-state index in [0.717, 1.165) is 60.2 Å². The van der Waals surface area contributed by atoms with E-state index in [0.29, 0.717) is 28.7 Å². The summed E-state index contributed by atoms with van der Waals surface area (Å²) in [6.45, 7) is 3.86. The Morgan fingerprint density at radius 3 is 2.62 bits per heavy atom. The van der Waals surface area contributed by atoms with Crippen LogP contribution in [0.3, 0.4) is 0 Å². The zero-order chi connectivity index (χ0) is 27.1. The van der Waals surface area contributed by atoms with Gasteiger partial charge >= 0.3 is 0 Å². The number of hydrogen-bond acceptors (Lipinski definition) is 5. The summed E-state index contributed by atoms with van der Waals surface area (Å²) in [5.74, 6) is 1.63. The van der Waals surface area contributed by atoms with Crippen LogP contribution in [0.2, 0.25) is 10.0 Å². The smallest absolute Gasteiger partial charge is 0.258 e. The predicted octanol–water partition coefficient (Wildman–Crippen LogP) is 5.37. The van der Waals surface area contributed by atoms with Crippen molar-refractivity contribution in [3.8, 4) is 0 Å². The topological polar surface area (TPSA) is 82.5 Å². The van der Waals surface area contributed by atoms with Crippen LogP contribution in [0, 0.1) is 11.8 Å². The Morgan fingerprint density at radius 2 is 1.87 bits per heavy atom. The van der Waals surface area contributed by atoms with Crippen LogP contribution in [-0.2, 0) is 24.9 Å². The normalized spacial score (nSPS) is 17.7. The molecular weight excluding hydrogens is 535 g/mol. The number of piperidine rings is 1. The lowest BCUT2D eigenvalue weighted by Gasteiger charge is -2.31. The molecule has 0 radical (unpaired) electrons. The number of carbonyl (C=O) groups is 2. The summed E-state index contributed by atoms with van der Waals surface area (Å²) >= 11 is 12.9. The molecule has 0 unspecified atom stereocenters. The quantitative estimate of drug-likeness (QED) is 0.419. The molecule has 1 saturated heterocycles. The number of carbonyl (C=O) groups excluding carboxylic acids is 2. The third-order valence-corrected chi connectivity index (χ3v) is 8.60. The standard InChI is InChI=1S/C29H32Cl2N6O2/c1-35-27-22(15-33-35)17-37(26-7-6-23(30)13-25(26)34-27)29(39)20-4-5-21(24(31)12-20)14-32-28(38)19-8-10-36(11-9-19)16-18-2-3-18/h4-7,12-13,15,18-19,34H,2-3,8-11,14,16-17H2,1H3,(H,32,38). The van der Waals surface area contributed by atoms with E-state index in [-0.39, 0.29) is 17.7 Å². The summed E-state index contributed by atoms with van der Waals surface area (Å²) in [6.07, 6.45) is 6.26. The fraction of sp³-hybridized carbons (Fsp3) is 0.414. The van der Waals surface area contributed by atoms with Gasteiger partial charge in [-0.3, -0.25) is 14.3 Å². The predicted molar refractivity (Wildman–Crippen MR) is 154 cm³/mol. The van der Waals surface area contributed by atoms with Crippen LogP contribution in [-0.4, -0.2) is 46.1 Å². The summed E-state index contributed by atoms with van der Waals surface area (Å²) in [5.41, 5.74) is 3.58. The molecule has 0 bridgehead atoms. The molecule has 39 heavy (non-hydrogen) atoms. The lowest BCUT2D eigenvalue weighted by molar-refractivity contribution is -0.126. The molecule has 2 fully saturated rings. The van der Waals surface area contributed by atoms with E-state index in [1.807, 2.05) is 19.2 Å². The highest BCUT2D eigenvalue weighted by atomic mass is 35.5. The van der Waals surface area contributed by atoms with Gasteiger partial charge in [-0.2, -0.15) is 5.10 Å². The molecule has 6 rings (SSSR count). The highest BCUT2D eigenvalue weighted by Crippen LogP contribution is 2.38. The average molecular weight is 568 g/mol. The van der Waals surface area contributed by atoms with Crippen molar-refractivity contribution in [1.82, 2.24) is 20.0 Å². The maximum absolute atomic E-state index is 13.8. The number of anilines is 3. The molecule has 1 saturated carbocycles. The van der Waals surface area contributed by atoms with Crippen molar-refractivity contribution in [2.75, 3.05) is 29.9 Å². The zero-order valence-corrected chi connectivity index (χ0v) is 23.4. The van der Waals surface area contributed by atoms with Crippen molar-refractivity contribution in [2.24, 2.45) is 18.9 Å². The molecule has 1 aromatic heterocycles. The minimum absolute atomic E-state index is 0.0441. The SMILES string of the molecule is Cn1ncc2c1Nc1cc(Cl)ccc1N(C(=O)c1ccc(CNC(=O)C3CCN(CC4CC4)CC3)c(Cl)c1)C2. The number of benzene rings is 2. The van der Waals surface area contributed by atoms with Crippen molar-refractivity contribution < 1.29 is 9.59 Å². The monoisotopic (exact) mass is 566 g/mol. The molecule has 0 atom stereocenters. The Labute approximate surface area is 238 Å². The summed E-state index contributed by atoms with van der Waals surface area (Å²) in [4.78, 5) is 30.8. The number of aromatic nitrogens is 2. The molecule has 10 heteroatoms. The van der Waals surface area contributed by atoms with Gasteiger partial charge in [0.15, 0.2) is 0 Å². The summed E-state index contributed by atoms with van der Waals surface area (Å²) in [5, 5.41) is 11.8. The van der Waals surface area contributed by atoms with Gasteiger partial charge in [-0.15, -0.1) is 0 Å². The van der Waals surface area contributed by atoms with E-state index in [2.05, 4.69) is 20.6 Å². The van der Waals surface area contributed by atoms with Crippen LogP contribution in [0.15, 0.2) is 42.6 Å². The molecule has 2 aliphatic heterocycles. The maximum Gasteiger partial charge on any atom is 0.258 e. The van der Waals surface area contributed by atoms with Crippen molar-refractivity contribution in [3.63, 3.8) is 0 Å². The second kappa shape index (κ2) is 10.8. The number of halogens is 2. The second-order valence-corrected chi connectivity index (χ2v) is 11.7. The molecule has 3 aromatic rings. The number of amides is 2. The molecular formula is C29H32Cl2N6O2. The maximum atomic E-state index is 13.8. The second-order valence-electron chi connectivity index (χ2n) is 10.9. The first-order chi connectivity index (χ1) is 18.9. The Balaban J connectivity index is 1.13. The minimum atomic E-state index is -0.187. The van der Waals surface area contributed by atoms with Crippen molar-refractivity contribution in [2.45, 2.75) is 38.8 Å². The number of aryl methyl sites for hydroxylation is 1. The van der Waals surface area contributed by atoms with Crippen LogP contribution in [0.5, 0.6) is 0 Å². The van der Waals surface area contributed by atoms with Crippen LogP contribution >= 0.6 is 23.2 Å². The van der Waals surface area contributed by atoms with Crippen molar-refractivity contribution in [3.05, 3.63) is 69.3 Å². The molecule has 1 aliphatic carbocycles. The largest absolute Gasteiger partial charge is 0.352 e. The third kappa shape index (κ3) is 5.64.